The largest absolute Gasteiger partial charge is 0.409 e. The molecule has 0 spiro atoms. The molecular formula is C4H7N7O2. The number of hydrazone groups is 1. The Labute approximate surface area is 71.8 Å². The van der Waals surface area contributed by atoms with Gasteiger partial charge in [0.1, 0.15) is 0 Å². The zero-order valence-electron chi connectivity index (χ0n) is 6.38. The molecule has 0 saturated carbocycles. The molecule has 0 saturated heterocycles. The first-order valence-electron chi connectivity index (χ1n) is 3.05. The van der Waals surface area contributed by atoms with Crippen molar-refractivity contribution < 1.29 is 9.84 Å². The van der Waals surface area contributed by atoms with Crippen LogP contribution >= 0.6 is 0 Å². The number of aromatic nitrogens is 2. The van der Waals surface area contributed by atoms with Gasteiger partial charge in [0.15, 0.2) is 23.1 Å². The van der Waals surface area contributed by atoms with Gasteiger partial charge in [0.25, 0.3) is 0 Å². The van der Waals surface area contributed by atoms with Crippen molar-refractivity contribution in [3.8, 4) is 0 Å². The molecule has 0 bridgehead atoms. The summed E-state index contributed by atoms with van der Waals surface area (Å²) in [7, 11) is 0. The Bertz CT molecular complexity index is 321. The minimum atomic E-state index is -0.289. The highest BCUT2D eigenvalue weighted by molar-refractivity contribution is 6.07. The van der Waals surface area contributed by atoms with E-state index in [-0.39, 0.29) is 23.1 Å². The van der Waals surface area contributed by atoms with Crippen LogP contribution in [-0.4, -0.2) is 27.2 Å². The van der Waals surface area contributed by atoms with E-state index in [4.69, 9.17) is 22.5 Å². The molecule has 0 aliphatic carbocycles. The lowest BCUT2D eigenvalue weighted by Crippen LogP contribution is -2.23. The second kappa shape index (κ2) is 3.38. The van der Waals surface area contributed by atoms with Crippen molar-refractivity contribution >= 4 is 11.7 Å². The van der Waals surface area contributed by atoms with Gasteiger partial charge in [-0.25, -0.2) is 4.63 Å². The molecule has 0 aliphatic rings. The average molecular weight is 185 g/mol. The van der Waals surface area contributed by atoms with E-state index < -0.39 is 0 Å². The first kappa shape index (κ1) is 8.77. The normalized spacial score (nSPS) is 13.2. The molecule has 0 fully saturated rings. The van der Waals surface area contributed by atoms with E-state index in [1.165, 1.54) is 0 Å². The first-order valence-corrected chi connectivity index (χ1v) is 3.05. The van der Waals surface area contributed by atoms with Crippen molar-refractivity contribution in [2.45, 2.75) is 0 Å². The predicted molar refractivity (Wildman–Crippen MR) is 41.7 cm³/mol. The summed E-state index contributed by atoms with van der Waals surface area (Å²) in [5.41, 5.74) is 10.5. The zero-order chi connectivity index (χ0) is 9.84. The minimum absolute atomic E-state index is 0.0193. The van der Waals surface area contributed by atoms with Crippen LogP contribution in [0.2, 0.25) is 0 Å². The Balaban J connectivity index is 3.18. The van der Waals surface area contributed by atoms with Crippen molar-refractivity contribution in [2.75, 3.05) is 0 Å². The topological polar surface area (TPSA) is 162 Å². The van der Waals surface area contributed by atoms with E-state index in [0.29, 0.717) is 0 Å². The van der Waals surface area contributed by atoms with E-state index in [1.807, 2.05) is 0 Å². The summed E-state index contributed by atoms with van der Waals surface area (Å²) in [6, 6.07) is 0. The van der Waals surface area contributed by atoms with Crippen LogP contribution in [0.15, 0.2) is 14.9 Å². The van der Waals surface area contributed by atoms with Crippen molar-refractivity contribution in [3.05, 3.63) is 11.4 Å². The summed E-state index contributed by atoms with van der Waals surface area (Å²) >= 11 is 0. The Morgan fingerprint density at radius 1 is 1.23 bits per heavy atom. The van der Waals surface area contributed by atoms with Gasteiger partial charge in [-0.3, -0.25) is 0 Å². The Morgan fingerprint density at radius 3 is 2.23 bits per heavy atom. The Kier molecular flexibility index (Phi) is 2.28. The van der Waals surface area contributed by atoms with Gasteiger partial charge in [0, 0.05) is 0 Å². The summed E-state index contributed by atoms with van der Waals surface area (Å²) in [6.45, 7) is 0. The molecule has 0 radical (unpaired) electrons. The first-order chi connectivity index (χ1) is 6.20. The second-order valence-electron chi connectivity index (χ2n) is 1.96. The maximum absolute atomic E-state index is 8.33. The van der Waals surface area contributed by atoms with Gasteiger partial charge in [-0.15, -0.1) is 0 Å². The van der Waals surface area contributed by atoms with E-state index in [1.54, 1.807) is 0 Å². The van der Waals surface area contributed by atoms with Gasteiger partial charge in [0.05, 0.1) is 0 Å². The smallest absolute Gasteiger partial charge is 0.194 e. The third kappa shape index (κ3) is 1.47. The van der Waals surface area contributed by atoms with Crippen LogP contribution < -0.4 is 17.3 Å². The van der Waals surface area contributed by atoms with Crippen LogP contribution in [0.25, 0.3) is 0 Å². The van der Waals surface area contributed by atoms with E-state index >= 15 is 0 Å². The van der Waals surface area contributed by atoms with Gasteiger partial charge in [0.2, 0.25) is 0 Å². The summed E-state index contributed by atoms with van der Waals surface area (Å²) in [5.74, 6) is 4.47. The molecule has 9 heteroatoms. The molecule has 1 rings (SSSR count). The van der Waals surface area contributed by atoms with E-state index in [0.717, 1.165) is 0 Å². The molecule has 0 amide bonds. The molecule has 0 atom stereocenters. The average Bonchev–Trinajstić information content (AvgIpc) is 2.63. The standard InChI is InChI=1S/C4H7N7O2/c5-3(8-7)1-2(4(6)9-12)11-13-10-1/h12H,7H2,(H2,5,8)(H2,6,9). The molecule has 13 heavy (non-hydrogen) atoms. The lowest BCUT2D eigenvalue weighted by Gasteiger charge is -1.93. The van der Waals surface area contributed by atoms with Crippen molar-refractivity contribution in [2.24, 2.45) is 27.6 Å². The van der Waals surface area contributed by atoms with Crippen molar-refractivity contribution in [1.82, 2.24) is 10.3 Å². The lowest BCUT2D eigenvalue weighted by atomic mass is 10.3. The number of oxime groups is 1. The number of hydrogen-bond donors (Lipinski definition) is 4. The molecule has 0 unspecified atom stereocenters. The highest BCUT2D eigenvalue weighted by atomic mass is 16.6. The van der Waals surface area contributed by atoms with Crippen molar-refractivity contribution in [3.63, 3.8) is 0 Å². The molecule has 1 aromatic heterocycles. The summed E-state index contributed by atoms with van der Waals surface area (Å²) in [6.07, 6.45) is 0. The number of rotatable bonds is 2. The molecule has 0 aromatic carbocycles. The summed E-state index contributed by atoms with van der Waals surface area (Å²) in [5, 5.41) is 20.9. The maximum atomic E-state index is 8.33. The summed E-state index contributed by atoms with van der Waals surface area (Å²) < 4.78 is 4.30. The van der Waals surface area contributed by atoms with Crippen molar-refractivity contribution in [1.29, 1.82) is 0 Å². The Hall–Kier alpha value is -2.32. The monoisotopic (exact) mass is 185 g/mol. The molecule has 70 valence electrons. The fourth-order valence-corrected chi connectivity index (χ4v) is 0.633. The third-order valence-electron chi connectivity index (χ3n) is 1.22. The van der Waals surface area contributed by atoms with Crippen LogP contribution in [-0.2, 0) is 0 Å². The maximum Gasteiger partial charge on any atom is 0.194 e. The second-order valence-corrected chi connectivity index (χ2v) is 1.96. The quantitative estimate of drug-likeness (QED) is 0.133. The number of amidine groups is 2. The molecule has 9 nitrogen and oxygen atoms in total. The number of nitrogens with zero attached hydrogens (tertiary/aromatic N) is 4. The van der Waals surface area contributed by atoms with Gasteiger partial charge >= 0.3 is 0 Å². The van der Waals surface area contributed by atoms with Crippen LogP contribution in [0.4, 0.5) is 0 Å². The highest BCUT2D eigenvalue weighted by Crippen LogP contribution is 2.00. The fourth-order valence-electron chi connectivity index (χ4n) is 0.633. The molecule has 0 aliphatic heterocycles. The van der Waals surface area contributed by atoms with Crippen LogP contribution in [0.3, 0.4) is 0 Å². The van der Waals surface area contributed by atoms with E-state index in [9.17, 15) is 0 Å². The van der Waals surface area contributed by atoms with Crippen LogP contribution in [0.1, 0.15) is 11.4 Å². The molecule has 7 N–H and O–H groups in total. The van der Waals surface area contributed by atoms with Gasteiger partial charge < -0.3 is 22.5 Å². The lowest BCUT2D eigenvalue weighted by molar-refractivity contribution is 0.303. The van der Waals surface area contributed by atoms with Gasteiger partial charge in [-0.2, -0.15) is 5.10 Å². The highest BCUT2D eigenvalue weighted by Gasteiger charge is 2.17. The SMILES string of the molecule is N/N=C(/N)c1nonc1/C(N)=N/O. The van der Waals surface area contributed by atoms with Gasteiger partial charge in [-0.05, 0) is 10.3 Å². The molecule has 1 aromatic rings. The molecular weight excluding hydrogens is 178 g/mol. The minimum Gasteiger partial charge on any atom is -0.409 e. The number of hydrogen-bond acceptors (Lipinski definition) is 7. The fraction of sp³-hybridized carbons (Fsp3) is 0. The van der Waals surface area contributed by atoms with Gasteiger partial charge in [-0.1, -0.05) is 5.16 Å². The summed E-state index contributed by atoms with van der Waals surface area (Å²) in [4.78, 5) is 0. The third-order valence-corrected chi connectivity index (χ3v) is 1.22. The van der Waals surface area contributed by atoms with Crippen LogP contribution in [0.5, 0.6) is 0 Å². The Morgan fingerprint density at radius 2 is 1.77 bits per heavy atom. The molecule has 1 heterocycles. The predicted octanol–water partition coefficient (Wildman–Crippen LogP) is -2.26. The van der Waals surface area contributed by atoms with Crippen LogP contribution in [0, 0.1) is 0 Å². The number of nitrogens with two attached hydrogens (primary N) is 3. The zero-order valence-corrected chi connectivity index (χ0v) is 6.38. The van der Waals surface area contributed by atoms with E-state index in [2.05, 4.69) is 25.2 Å².